The van der Waals surface area contributed by atoms with E-state index in [1.54, 1.807) is 11.8 Å². The number of anilines is 1. The third kappa shape index (κ3) is 2.64. The molecule has 1 aromatic rings. The number of amides is 1. The summed E-state index contributed by atoms with van der Waals surface area (Å²) < 4.78 is 5.19. The molecule has 1 aliphatic rings. The standard InChI is InChI=1S/C14H19NO2S/c1-3-17-14(16)15-12(10-18-2)9-8-11-6-4-5-7-13(11)15/h4-7,12H,3,8-10H2,1-2H3. The fraction of sp³-hybridized carbons (Fsp3) is 0.500. The van der Waals surface area contributed by atoms with Gasteiger partial charge in [-0.2, -0.15) is 11.8 Å². The van der Waals surface area contributed by atoms with Crippen molar-refractivity contribution < 1.29 is 9.53 Å². The van der Waals surface area contributed by atoms with Crippen LogP contribution in [0.15, 0.2) is 24.3 Å². The fourth-order valence-electron chi connectivity index (χ4n) is 2.40. The summed E-state index contributed by atoms with van der Waals surface area (Å²) in [6.45, 7) is 2.26. The Hall–Kier alpha value is -1.16. The minimum Gasteiger partial charge on any atom is -0.449 e. The molecular weight excluding hydrogens is 246 g/mol. The van der Waals surface area contributed by atoms with Gasteiger partial charge in [-0.3, -0.25) is 4.90 Å². The first kappa shape index (κ1) is 13.3. The maximum Gasteiger partial charge on any atom is 0.414 e. The van der Waals surface area contributed by atoms with E-state index in [4.69, 9.17) is 4.74 Å². The lowest BCUT2D eigenvalue weighted by molar-refractivity contribution is 0.157. The summed E-state index contributed by atoms with van der Waals surface area (Å²) in [6.07, 6.45) is 3.90. The summed E-state index contributed by atoms with van der Waals surface area (Å²) in [5, 5.41) is 0. The SMILES string of the molecule is CCOC(=O)N1c2ccccc2CCC1CSC. The number of carbonyl (C=O) groups excluding carboxylic acids is 1. The van der Waals surface area contributed by atoms with Gasteiger partial charge in [0.25, 0.3) is 0 Å². The normalized spacial score (nSPS) is 18.3. The number of nitrogens with zero attached hydrogens (tertiary/aromatic N) is 1. The maximum atomic E-state index is 12.1. The molecule has 1 amide bonds. The molecule has 0 aliphatic carbocycles. The molecule has 18 heavy (non-hydrogen) atoms. The highest BCUT2D eigenvalue weighted by Gasteiger charge is 2.31. The van der Waals surface area contributed by atoms with Gasteiger partial charge in [-0.15, -0.1) is 0 Å². The summed E-state index contributed by atoms with van der Waals surface area (Å²) in [5.41, 5.74) is 2.25. The largest absolute Gasteiger partial charge is 0.449 e. The molecular formula is C14H19NO2S. The van der Waals surface area contributed by atoms with Gasteiger partial charge in [0, 0.05) is 11.8 Å². The highest BCUT2D eigenvalue weighted by molar-refractivity contribution is 7.98. The number of thioether (sulfide) groups is 1. The van der Waals surface area contributed by atoms with Crippen LogP contribution in [-0.4, -0.2) is 30.8 Å². The Kier molecular flexibility index (Phi) is 4.53. The van der Waals surface area contributed by atoms with Crippen LogP contribution in [0.25, 0.3) is 0 Å². The van der Waals surface area contributed by atoms with Crippen molar-refractivity contribution in [3.05, 3.63) is 29.8 Å². The number of carbonyl (C=O) groups is 1. The second-order valence-electron chi connectivity index (χ2n) is 4.35. The summed E-state index contributed by atoms with van der Waals surface area (Å²) in [5.74, 6) is 0.952. The Balaban J connectivity index is 2.31. The van der Waals surface area contributed by atoms with E-state index in [9.17, 15) is 4.79 Å². The van der Waals surface area contributed by atoms with Gasteiger partial charge in [-0.25, -0.2) is 4.79 Å². The number of hydrogen-bond donors (Lipinski definition) is 0. The third-order valence-electron chi connectivity index (χ3n) is 3.19. The van der Waals surface area contributed by atoms with Crippen molar-refractivity contribution in [3.8, 4) is 0 Å². The third-order valence-corrected chi connectivity index (χ3v) is 3.90. The van der Waals surface area contributed by atoms with Crippen LogP contribution in [0.4, 0.5) is 10.5 Å². The van der Waals surface area contributed by atoms with Crippen molar-refractivity contribution in [2.45, 2.75) is 25.8 Å². The Morgan fingerprint density at radius 3 is 3.00 bits per heavy atom. The molecule has 0 saturated heterocycles. The predicted octanol–water partition coefficient (Wildman–Crippen LogP) is 3.33. The molecule has 1 atom stereocenters. The van der Waals surface area contributed by atoms with Crippen LogP contribution in [0.1, 0.15) is 18.9 Å². The quantitative estimate of drug-likeness (QED) is 0.839. The van der Waals surface area contributed by atoms with Crippen LogP contribution in [-0.2, 0) is 11.2 Å². The summed E-state index contributed by atoms with van der Waals surface area (Å²) in [4.78, 5) is 14.0. The molecule has 98 valence electrons. The van der Waals surface area contributed by atoms with E-state index in [1.165, 1.54) is 5.56 Å². The van der Waals surface area contributed by atoms with Gasteiger partial charge in [0.1, 0.15) is 0 Å². The second-order valence-corrected chi connectivity index (χ2v) is 5.26. The van der Waals surface area contributed by atoms with Crippen molar-refractivity contribution in [2.24, 2.45) is 0 Å². The average molecular weight is 265 g/mol. The Morgan fingerprint density at radius 1 is 1.50 bits per heavy atom. The first-order chi connectivity index (χ1) is 8.77. The Morgan fingerprint density at radius 2 is 2.28 bits per heavy atom. The molecule has 0 aromatic heterocycles. The van der Waals surface area contributed by atoms with Gasteiger partial charge in [-0.1, -0.05) is 18.2 Å². The van der Waals surface area contributed by atoms with E-state index in [-0.39, 0.29) is 12.1 Å². The molecule has 0 bridgehead atoms. The zero-order valence-corrected chi connectivity index (χ0v) is 11.7. The van der Waals surface area contributed by atoms with Crippen LogP contribution in [0.3, 0.4) is 0 Å². The minimum absolute atomic E-state index is 0.219. The first-order valence-corrected chi connectivity index (χ1v) is 7.70. The predicted molar refractivity (Wildman–Crippen MR) is 76.4 cm³/mol. The smallest absolute Gasteiger partial charge is 0.414 e. The summed E-state index contributed by atoms with van der Waals surface area (Å²) in [6, 6.07) is 8.35. The molecule has 4 heteroatoms. The lowest BCUT2D eigenvalue weighted by Gasteiger charge is -2.36. The van der Waals surface area contributed by atoms with E-state index in [0.717, 1.165) is 24.3 Å². The van der Waals surface area contributed by atoms with Crippen LogP contribution >= 0.6 is 11.8 Å². The molecule has 1 aromatic carbocycles. The molecule has 2 rings (SSSR count). The number of ether oxygens (including phenoxy) is 1. The van der Waals surface area contributed by atoms with Crippen LogP contribution in [0, 0.1) is 0 Å². The van der Waals surface area contributed by atoms with E-state index < -0.39 is 0 Å². The average Bonchev–Trinajstić information content (AvgIpc) is 2.39. The highest BCUT2D eigenvalue weighted by atomic mass is 32.2. The molecule has 1 heterocycles. The van der Waals surface area contributed by atoms with Crippen LogP contribution in [0.5, 0.6) is 0 Å². The van der Waals surface area contributed by atoms with Crippen molar-refractivity contribution in [1.29, 1.82) is 0 Å². The van der Waals surface area contributed by atoms with Crippen LogP contribution in [0.2, 0.25) is 0 Å². The minimum atomic E-state index is -0.219. The van der Waals surface area contributed by atoms with Gasteiger partial charge in [0.05, 0.1) is 12.3 Å². The molecule has 0 fully saturated rings. The number of rotatable bonds is 3. The van der Waals surface area contributed by atoms with Gasteiger partial charge < -0.3 is 4.74 Å². The maximum absolute atomic E-state index is 12.1. The van der Waals surface area contributed by atoms with Crippen molar-refractivity contribution in [2.75, 3.05) is 23.5 Å². The van der Waals surface area contributed by atoms with Crippen molar-refractivity contribution in [3.63, 3.8) is 0 Å². The molecule has 0 saturated carbocycles. The van der Waals surface area contributed by atoms with Gasteiger partial charge in [0.15, 0.2) is 0 Å². The highest BCUT2D eigenvalue weighted by Crippen LogP contribution is 2.32. The molecule has 1 unspecified atom stereocenters. The van der Waals surface area contributed by atoms with Gasteiger partial charge in [0.2, 0.25) is 0 Å². The Labute approximate surface area is 113 Å². The zero-order valence-electron chi connectivity index (χ0n) is 10.9. The number of para-hydroxylation sites is 1. The Bertz CT molecular complexity index is 422. The number of fused-ring (bicyclic) bond motifs is 1. The van der Waals surface area contributed by atoms with E-state index in [1.807, 2.05) is 30.0 Å². The number of aryl methyl sites for hydroxylation is 1. The number of hydrogen-bond acceptors (Lipinski definition) is 3. The molecule has 0 N–H and O–H groups in total. The van der Waals surface area contributed by atoms with Crippen molar-refractivity contribution >= 4 is 23.5 Å². The van der Waals surface area contributed by atoms with Crippen molar-refractivity contribution in [1.82, 2.24) is 0 Å². The summed E-state index contributed by atoms with van der Waals surface area (Å²) >= 11 is 1.77. The summed E-state index contributed by atoms with van der Waals surface area (Å²) in [7, 11) is 0. The zero-order chi connectivity index (χ0) is 13.0. The van der Waals surface area contributed by atoms with E-state index >= 15 is 0 Å². The van der Waals surface area contributed by atoms with E-state index in [0.29, 0.717) is 6.61 Å². The monoisotopic (exact) mass is 265 g/mol. The van der Waals surface area contributed by atoms with Gasteiger partial charge in [-0.05, 0) is 37.7 Å². The first-order valence-electron chi connectivity index (χ1n) is 6.30. The molecule has 3 nitrogen and oxygen atoms in total. The topological polar surface area (TPSA) is 29.5 Å². The molecule has 0 radical (unpaired) electrons. The molecule has 1 aliphatic heterocycles. The molecule has 0 spiro atoms. The lowest BCUT2D eigenvalue weighted by Crippen LogP contribution is -2.45. The van der Waals surface area contributed by atoms with Crippen LogP contribution < -0.4 is 4.90 Å². The number of benzene rings is 1. The van der Waals surface area contributed by atoms with Gasteiger partial charge >= 0.3 is 6.09 Å². The van der Waals surface area contributed by atoms with E-state index in [2.05, 4.69) is 12.3 Å². The second kappa shape index (κ2) is 6.14. The lowest BCUT2D eigenvalue weighted by atomic mass is 9.97. The fourth-order valence-corrected chi connectivity index (χ4v) is 3.10.